The van der Waals surface area contributed by atoms with Crippen molar-refractivity contribution < 1.29 is 18.3 Å². The van der Waals surface area contributed by atoms with Gasteiger partial charge in [0.15, 0.2) is 0 Å². The molecule has 2 aliphatic rings. The Labute approximate surface area is 218 Å². The summed E-state index contributed by atoms with van der Waals surface area (Å²) in [7, 11) is 0. The molecule has 1 aromatic carbocycles. The number of hydrogen-bond donors (Lipinski definition) is 1. The van der Waals surface area contributed by atoms with Crippen molar-refractivity contribution in [3.8, 4) is 11.3 Å². The number of alkyl halides is 2. The fraction of sp³-hybridized carbons (Fsp3) is 0.500. The zero-order valence-corrected chi connectivity index (χ0v) is 22.1. The van der Waals surface area contributed by atoms with Crippen LogP contribution < -0.4 is 5.32 Å². The number of benzene rings is 1. The number of rotatable bonds is 6. The maximum atomic E-state index is 13.5. The molecule has 2 aliphatic heterocycles. The molecule has 3 aromatic rings. The summed E-state index contributed by atoms with van der Waals surface area (Å²) >= 11 is 7.93. The van der Waals surface area contributed by atoms with E-state index >= 15 is 0 Å². The molecule has 6 nitrogen and oxygen atoms in total. The van der Waals surface area contributed by atoms with E-state index in [9.17, 15) is 13.6 Å². The summed E-state index contributed by atoms with van der Waals surface area (Å²) in [6.45, 7) is 7.88. The van der Waals surface area contributed by atoms with E-state index < -0.39 is 12.5 Å². The van der Waals surface area contributed by atoms with Crippen molar-refractivity contribution in [3.63, 3.8) is 0 Å². The predicted octanol–water partition coefficient (Wildman–Crippen LogP) is 5.39. The fourth-order valence-corrected chi connectivity index (χ4v) is 6.61. The van der Waals surface area contributed by atoms with Crippen LogP contribution in [-0.2, 0) is 22.5 Å². The van der Waals surface area contributed by atoms with Crippen LogP contribution in [0.5, 0.6) is 0 Å². The van der Waals surface area contributed by atoms with Gasteiger partial charge >= 0.3 is 0 Å². The van der Waals surface area contributed by atoms with Crippen LogP contribution in [0, 0.1) is 6.92 Å². The highest BCUT2D eigenvalue weighted by molar-refractivity contribution is 7.19. The summed E-state index contributed by atoms with van der Waals surface area (Å²) in [6.07, 6.45) is -0.0106. The second-order valence-corrected chi connectivity index (χ2v) is 11.8. The number of carbonyl (C=O) groups is 1. The van der Waals surface area contributed by atoms with E-state index in [0.29, 0.717) is 11.4 Å². The van der Waals surface area contributed by atoms with Crippen molar-refractivity contribution in [1.82, 2.24) is 20.2 Å². The van der Waals surface area contributed by atoms with E-state index in [4.69, 9.17) is 16.3 Å². The normalized spacial score (nSPS) is 22.2. The number of likely N-dealkylation sites (tertiary alicyclic amines) is 1. The number of morpholine rings is 1. The standard InChI is InChI=1S/C26H29ClF2N4O2S/c1-14-6-15(27)7-19(18(14)8-16-10-30-12-26(2,3)35-16)23-24-20(31-13-32-23)9-17(36-24)11-33-21(25(28)29)4-5-22(33)34/h6-7,9,13,16,21,25,30H,4-5,8,10-12H2,1-3H3/t16?,21-/m1/s1. The van der Waals surface area contributed by atoms with Gasteiger partial charge in [0.1, 0.15) is 6.33 Å². The lowest BCUT2D eigenvalue weighted by Crippen LogP contribution is -2.51. The Morgan fingerprint density at radius 1 is 1.31 bits per heavy atom. The molecule has 0 spiro atoms. The maximum absolute atomic E-state index is 13.5. The van der Waals surface area contributed by atoms with Crippen LogP contribution in [0.2, 0.25) is 5.02 Å². The van der Waals surface area contributed by atoms with Crippen LogP contribution >= 0.6 is 22.9 Å². The number of fused-ring (bicyclic) bond motifs is 1. The summed E-state index contributed by atoms with van der Waals surface area (Å²) in [6, 6.07) is 4.70. The monoisotopic (exact) mass is 534 g/mol. The lowest BCUT2D eigenvalue weighted by Gasteiger charge is -2.37. The molecular formula is C26H29ClF2N4O2S. The van der Waals surface area contributed by atoms with Crippen LogP contribution in [-0.4, -0.2) is 58.0 Å². The molecule has 2 saturated heterocycles. The first-order valence-electron chi connectivity index (χ1n) is 12.1. The minimum absolute atomic E-state index is 0.00365. The third-order valence-electron chi connectivity index (χ3n) is 6.89. The van der Waals surface area contributed by atoms with Crippen LogP contribution in [0.4, 0.5) is 8.78 Å². The SMILES string of the molecule is Cc1cc(Cl)cc(-c2ncnc3cc(CN4C(=O)CC[C@@H]4C(F)F)sc23)c1CC1CNCC(C)(C)O1. The molecule has 2 atom stereocenters. The van der Waals surface area contributed by atoms with Crippen molar-refractivity contribution in [1.29, 1.82) is 0 Å². The van der Waals surface area contributed by atoms with E-state index in [1.807, 2.05) is 25.1 Å². The first-order chi connectivity index (χ1) is 17.1. The van der Waals surface area contributed by atoms with Crippen molar-refractivity contribution >= 4 is 39.1 Å². The fourth-order valence-electron chi connectivity index (χ4n) is 5.23. The summed E-state index contributed by atoms with van der Waals surface area (Å²) in [5, 5.41) is 4.07. The molecule has 36 heavy (non-hydrogen) atoms. The number of nitrogens with one attached hydrogen (secondary N) is 1. The Hall–Kier alpha value is -2.20. The van der Waals surface area contributed by atoms with Crippen molar-refractivity contribution in [2.45, 2.75) is 70.8 Å². The Bertz CT molecular complexity index is 1300. The number of halogens is 3. The van der Waals surface area contributed by atoms with Gasteiger partial charge in [-0.15, -0.1) is 11.3 Å². The van der Waals surface area contributed by atoms with Crippen molar-refractivity contribution in [3.05, 3.63) is 45.6 Å². The summed E-state index contributed by atoms with van der Waals surface area (Å²) < 4.78 is 34.1. The van der Waals surface area contributed by atoms with E-state index in [-0.39, 0.29) is 37.0 Å². The van der Waals surface area contributed by atoms with Gasteiger partial charge in [-0.2, -0.15) is 0 Å². The highest BCUT2D eigenvalue weighted by atomic mass is 35.5. The summed E-state index contributed by atoms with van der Waals surface area (Å²) in [5.74, 6) is -0.235. The van der Waals surface area contributed by atoms with E-state index in [1.165, 1.54) is 22.6 Å². The van der Waals surface area contributed by atoms with Crippen molar-refractivity contribution in [2.24, 2.45) is 0 Å². The van der Waals surface area contributed by atoms with E-state index in [0.717, 1.165) is 50.6 Å². The molecule has 1 amide bonds. The van der Waals surface area contributed by atoms with Crippen LogP contribution in [0.15, 0.2) is 24.5 Å². The van der Waals surface area contributed by atoms with Crippen molar-refractivity contribution in [2.75, 3.05) is 13.1 Å². The van der Waals surface area contributed by atoms with Crippen LogP contribution in [0.25, 0.3) is 21.5 Å². The Morgan fingerprint density at radius 3 is 2.86 bits per heavy atom. The molecule has 192 valence electrons. The molecule has 0 radical (unpaired) electrons. The Morgan fingerprint density at radius 2 is 2.11 bits per heavy atom. The average molecular weight is 535 g/mol. The van der Waals surface area contributed by atoms with Gasteiger partial charge < -0.3 is 15.0 Å². The average Bonchev–Trinajstić information content (AvgIpc) is 3.38. The highest BCUT2D eigenvalue weighted by Gasteiger charge is 2.37. The first kappa shape index (κ1) is 25.4. The molecule has 5 rings (SSSR count). The van der Waals surface area contributed by atoms with Crippen LogP contribution in [0.3, 0.4) is 0 Å². The second kappa shape index (κ2) is 9.93. The molecule has 2 aromatic heterocycles. The molecule has 2 fully saturated rings. The number of aromatic nitrogens is 2. The third-order valence-corrected chi connectivity index (χ3v) is 8.22. The van der Waals surface area contributed by atoms with Gasteiger partial charge in [0.25, 0.3) is 6.43 Å². The molecule has 4 heterocycles. The lowest BCUT2D eigenvalue weighted by atomic mass is 9.93. The number of carbonyl (C=O) groups excluding carboxylic acids is 1. The van der Waals surface area contributed by atoms with E-state index in [1.54, 1.807) is 0 Å². The zero-order chi connectivity index (χ0) is 25.6. The first-order valence-corrected chi connectivity index (χ1v) is 13.3. The summed E-state index contributed by atoms with van der Waals surface area (Å²) in [4.78, 5) is 23.4. The molecule has 1 N–H and O–H groups in total. The lowest BCUT2D eigenvalue weighted by molar-refractivity contribution is -0.131. The largest absolute Gasteiger partial charge is 0.369 e. The minimum Gasteiger partial charge on any atom is -0.369 e. The predicted molar refractivity (Wildman–Crippen MR) is 138 cm³/mol. The minimum atomic E-state index is -2.56. The quantitative estimate of drug-likeness (QED) is 0.459. The van der Waals surface area contributed by atoms with Gasteiger partial charge in [-0.05, 0) is 56.5 Å². The molecule has 1 unspecified atom stereocenters. The Balaban J connectivity index is 1.51. The summed E-state index contributed by atoms with van der Waals surface area (Å²) in [5.41, 5.74) is 4.29. The molecule has 0 saturated carbocycles. The highest BCUT2D eigenvalue weighted by Crippen LogP contribution is 2.38. The van der Waals surface area contributed by atoms with E-state index in [2.05, 4.69) is 29.1 Å². The molecule has 10 heteroatoms. The van der Waals surface area contributed by atoms with Gasteiger partial charge in [-0.3, -0.25) is 4.79 Å². The third kappa shape index (κ3) is 5.11. The topological polar surface area (TPSA) is 67.4 Å². The number of hydrogen-bond acceptors (Lipinski definition) is 6. The smallest absolute Gasteiger partial charge is 0.258 e. The van der Waals surface area contributed by atoms with Gasteiger partial charge in [-0.25, -0.2) is 18.7 Å². The number of aryl methyl sites for hydroxylation is 1. The van der Waals surface area contributed by atoms with Gasteiger partial charge in [-0.1, -0.05) is 11.6 Å². The number of ether oxygens (including phenoxy) is 1. The number of amides is 1. The van der Waals surface area contributed by atoms with Crippen LogP contribution in [0.1, 0.15) is 42.7 Å². The Kier molecular flexibility index (Phi) is 7.02. The molecular weight excluding hydrogens is 506 g/mol. The zero-order valence-electron chi connectivity index (χ0n) is 20.5. The maximum Gasteiger partial charge on any atom is 0.258 e. The number of thiophene rings is 1. The molecule has 0 aliphatic carbocycles. The van der Waals surface area contributed by atoms with Gasteiger partial charge in [0.2, 0.25) is 5.91 Å². The van der Waals surface area contributed by atoms with Gasteiger partial charge in [0, 0.05) is 41.4 Å². The molecule has 0 bridgehead atoms. The number of nitrogens with zero attached hydrogens (tertiary/aromatic N) is 3. The van der Waals surface area contributed by atoms with Gasteiger partial charge in [0.05, 0.1) is 40.2 Å². The second-order valence-electron chi connectivity index (χ2n) is 10.2.